The minimum atomic E-state index is -4.10. The number of nitrogens with one attached hydrogen (secondary N) is 1. The van der Waals surface area contributed by atoms with E-state index in [-0.39, 0.29) is 17.3 Å². The summed E-state index contributed by atoms with van der Waals surface area (Å²) < 4.78 is 28.8. The maximum Gasteiger partial charge on any atom is 0.264 e. The second kappa shape index (κ2) is 13.9. The number of sulfonamides is 1. The zero-order valence-electron chi connectivity index (χ0n) is 22.6. The van der Waals surface area contributed by atoms with E-state index in [1.54, 1.807) is 79.7 Å². The fraction of sp³-hybridized carbons (Fsp3) is 0.310. The van der Waals surface area contributed by atoms with Crippen LogP contribution in [0.5, 0.6) is 0 Å². The average molecular weight is 588 g/mol. The predicted octanol–water partition coefficient (Wildman–Crippen LogP) is 5.51. The highest BCUT2D eigenvalue weighted by atomic mass is 35.5. The van der Waals surface area contributed by atoms with E-state index in [2.05, 4.69) is 5.32 Å². The van der Waals surface area contributed by atoms with Crippen molar-refractivity contribution in [2.24, 2.45) is 0 Å². The summed E-state index contributed by atoms with van der Waals surface area (Å²) >= 11 is 7.54. The van der Waals surface area contributed by atoms with E-state index in [4.69, 9.17) is 11.6 Å². The molecule has 0 aliphatic heterocycles. The van der Waals surface area contributed by atoms with Gasteiger partial charge in [-0.3, -0.25) is 13.9 Å². The zero-order chi connectivity index (χ0) is 28.6. The van der Waals surface area contributed by atoms with E-state index in [9.17, 15) is 18.0 Å². The Morgan fingerprint density at radius 3 is 2.15 bits per heavy atom. The van der Waals surface area contributed by atoms with Crippen LogP contribution in [-0.2, 0) is 26.2 Å². The lowest BCUT2D eigenvalue weighted by atomic mass is 10.1. The first-order chi connectivity index (χ1) is 18.6. The molecule has 0 bridgehead atoms. The molecule has 208 valence electrons. The Labute approximate surface area is 240 Å². The molecule has 0 fully saturated rings. The minimum Gasteiger partial charge on any atom is -0.354 e. The molecular formula is C29H34ClN3O4S2. The molecule has 0 saturated heterocycles. The van der Waals surface area contributed by atoms with Gasteiger partial charge in [0.05, 0.1) is 10.6 Å². The zero-order valence-corrected chi connectivity index (χ0v) is 24.9. The van der Waals surface area contributed by atoms with Crippen molar-refractivity contribution in [3.8, 4) is 0 Å². The van der Waals surface area contributed by atoms with Crippen molar-refractivity contribution in [3.05, 3.63) is 88.9 Å². The number of thioether (sulfide) groups is 1. The van der Waals surface area contributed by atoms with Gasteiger partial charge in [-0.2, -0.15) is 0 Å². The van der Waals surface area contributed by atoms with Gasteiger partial charge in [0.25, 0.3) is 10.0 Å². The number of aryl methyl sites for hydroxylation is 1. The molecule has 0 aromatic heterocycles. The van der Waals surface area contributed by atoms with Gasteiger partial charge in [0.2, 0.25) is 11.8 Å². The maximum absolute atomic E-state index is 13.9. The largest absolute Gasteiger partial charge is 0.354 e. The molecule has 0 radical (unpaired) electrons. The molecule has 3 aromatic carbocycles. The molecule has 10 heteroatoms. The number of carbonyl (C=O) groups excluding carboxylic acids is 2. The molecule has 0 unspecified atom stereocenters. The van der Waals surface area contributed by atoms with Crippen molar-refractivity contribution >= 4 is 50.9 Å². The monoisotopic (exact) mass is 587 g/mol. The number of carbonyl (C=O) groups is 2. The van der Waals surface area contributed by atoms with E-state index in [0.717, 1.165) is 26.7 Å². The van der Waals surface area contributed by atoms with Crippen molar-refractivity contribution in [1.82, 2.24) is 10.2 Å². The van der Waals surface area contributed by atoms with Gasteiger partial charge in [0.15, 0.2) is 0 Å². The molecule has 0 aliphatic rings. The highest BCUT2D eigenvalue weighted by Crippen LogP contribution is 2.26. The third-order valence-corrected chi connectivity index (χ3v) is 9.01. The lowest BCUT2D eigenvalue weighted by Gasteiger charge is -2.32. The van der Waals surface area contributed by atoms with Gasteiger partial charge < -0.3 is 10.2 Å². The Bertz CT molecular complexity index is 1360. The summed E-state index contributed by atoms with van der Waals surface area (Å²) in [5.41, 5.74) is 2.08. The number of hydrogen-bond donors (Lipinski definition) is 1. The molecule has 39 heavy (non-hydrogen) atoms. The summed E-state index contributed by atoms with van der Waals surface area (Å²) in [5, 5.41) is 3.38. The smallest absolute Gasteiger partial charge is 0.264 e. The van der Waals surface area contributed by atoms with Crippen LogP contribution < -0.4 is 9.62 Å². The number of hydrogen-bond acceptors (Lipinski definition) is 5. The molecule has 3 aromatic rings. The Morgan fingerprint density at radius 2 is 1.59 bits per heavy atom. The summed E-state index contributed by atoms with van der Waals surface area (Å²) in [6.07, 6.45) is 2.66. The summed E-state index contributed by atoms with van der Waals surface area (Å²) in [5.74, 6) is -0.814. The fourth-order valence-corrected chi connectivity index (χ4v) is 5.83. The number of benzene rings is 3. The Morgan fingerprint density at radius 1 is 0.974 bits per heavy atom. The summed E-state index contributed by atoms with van der Waals surface area (Å²) in [6.45, 7) is 5.60. The number of anilines is 1. The number of rotatable bonds is 12. The second-order valence-electron chi connectivity index (χ2n) is 9.14. The molecule has 3 rings (SSSR count). The highest BCUT2D eigenvalue weighted by molar-refractivity contribution is 7.98. The van der Waals surface area contributed by atoms with Crippen molar-refractivity contribution < 1.29 is 18.0 Å². The summed E-state index contributed by atoms with van der Waals surface area (Å²) in [6, 6.07) is 19.7. The molecule has 1 N–H and O–H groups in total. The van der Waals surface area contributed by atoms with Crippen molar-refractivity contribution in [1.29, 1.82) is 0 Å². The SMILES string of the molecule is CCCNC(=O)[C@H](C)N(Cc1ccc(Cl)cc1)C(=O)CN(c1ccc(C)cc1)S(=O)(=O)c1ccc(SC)cc1. The molecule has 2 amide bonds. The van der Waals surface area contributed by atoms with Crippen LogP contribution >= 0.6 is 23.4 Å². The first-order valence-electron chi connectivity index (χ1n) is 12.6. The van der Waals surface area contributed by atoms with Gasteiger partial charge in [-0.25, -0.2) is 8.42 Å². The van der Waals surface area contributed by atoms with Crippen LogP contribution in [0, 0.1) is 6.92 Å². The lowest BCUT2D eigenvalue weighted by Crippen LogP contribution is -2.51. The average Bonchev–Trinajstić information content (AvgIpc) is 2.94. The van der Waals surface area contributed by atoms with Gasteiger partial charge in [-0.15, -0.1) is 11.8 Å². The maximum atomic E-state index is 13.9. The van der Waals surface area contributed by atoms with E-state index >= 15 is 0 Å². The van der Waals surface area contributed by atoms with Gasteiger partial charge in [-0.1, -0.05) is 48.4 Å². The first-order valence-corrected chi connectivity index (χ1v) is 15.7. The van der Waals surface area contributed by atoms with Crippen LogP contribution in [0.3, 0.4) is 0 Å². The van der Waals surface area contributed by atoms with Gasteiger partial charge in [0, 0.05) is 23.0 Å². The third kappa shape index (κ3) is 8.00. The lowest BCUT2D eigenvalue weighted by molar-refractivity contribution is -0.139. The van der Waals surface area contributed by atoms with E-state index in [1.807, 2.05) is 20.1 Å². The highest BCUT2D eigenvalue weighted by Gasteiger charge is 2.32. The molecule has 0 saturated carbocycles. The van der Waals surface area contributed by atoms with Crippen molar-refractivity contribution in [3.63, 3.8) is 0 Å². The van der Waals surface area contributed by atoms with E-state index in [1.165, 1.54) is 16.7 Å². The molecule has 1 atom stereocenters. The number of nitrogens with zero attached hydrogens (tertiary/aromatic N) is 2. The van der Waals surface area contributed by atoms with Crippen LogP contribution in [0.1, 0.15) is 31.4 Å². The van der Waals surface area contributed by atoms with E-state index < -0.39 is 28.5 Å². The Balaban J connectivity index is 2.00. The summed E-state index contributed by atoms with van der Waals surface area (Å²) in [4.78, 5) is 29.2. The van der Waals surface area contributed by atoms with Crippen LogP contribution in [0.4, 0.5) is 5.69 Å². The quantitative estimate of drug-likeness (QED) is 0.282. The van der Waals surface area contributed by atoms with Crippen LogP contribution in [0.2, 0.25) is 5.02 Å². The first kappa shape index (κ1) is 30.5. The van der Waals surface area contributed by atoms with Crippen LogP contribution in [-0.4, -0.2) is 50.5 Å². The topological polar surface area (TPSA) is 86.8 Å². The Hall–Kier alpha value is -3.01. The molecule has 0 heterocycles. The van der Waals surface area contributed by atoms with Crippen molar-refractivity contribution in [2.75, 3.05) is 23.7 Å². The van der Waals surface area contributed by atoms with Crippen molar-refractivity contribution in [2.45, 2.75) is 49.6 Å². The van der Waals surface area contributed by atoms with Gasteiger partial charge >= 0.3 is 0 Å². The van der Waals surface area contributed by atoms with Gasteiger partial charge in [0.1, 0.15) is 12.6 Å². The standard InChI is InChI=1S/C29H34ClN3O4S2/c1-5-18-31-29(35)22(3)32(19-23-8-10-24(30)11-9-23)28(34)20-33(25-12-6-21(2)7-13-25)39(36,37)27-16-14-26(38-4)15-17-27/h6-17,22H,5,18-20H2,1-4H3,(H,31,35)/t22-/m0/s1. The normalized spacial score (nSPS) is 12.0. The number of amides is 2. The third-order valence-electron chi connectivity index (χ3n) is 6.23. The Kier molecular flexibility index (Phi) is 10.9. The number of halogens is 1. The molecular weight excluding hydrogens is 554 g/mol. The van der Waals surface area contributed by atoms with Gasteiger partial charge in [-0.05, 0) is 80.6 Å². The predicted molar refractivity (Wildman–Crippen MR) is 159 cm³/mol. The van der Waals surface area contributed by atoms with E-state index in [0.29, 0.717) is 17.3 Å². The second-order valence-corrected chi connectivity index (χ2v) is 12.3. The minimum absolute atomic E-state index is 0.0756. The molecule has 0 spiro atoms. The van der Waals surface area contributed by atoms with Crippen LogP contribution in [0.15, 0.2) is 82.6 Å². The molecule has 0 aliphatic carbocycles. The summed E-state index contributed by atoms with van der Waals surface area (Å²) in [7, 11) is -4.10. The molecule has 7 nitrogen and oxygen atoms in total. The fourth-order valence-electron chi connectivity index (χ4n) is 3.88. The van der Waals surface area contributed by atoms with Crippen LogP contribution in [0.25, 0.3) is 0 Å².